The molecule has 0 unspecified atom stereocenters. The summed E-state index contributed by atoms with van der Waals surface area (Å²) in [6.07, 6.45) is 0.370. The van der Waals surface area contributed by atoms with Gasteiger partial charge in [-0.25, -0.2) is 0 Å². The summed E-state index contributed by atoms with van der Waals surface area (Å²) in [6, 6.07) is 0. The zero-order chi connectivity index (χ0) is 11.2. The van der Waals surface area contributed by atoms with Gasteiger partial charge in [-0.2, -0.15) is 0 Å². The molecule has 8 heteroatoms. The van der Waals surface area contributed by atoms with Crippen molar-refractivity contribution in [1.29, 1.82) is 0 Å². The number of amides is 2. The molecule has 0 fully saturated rings. The number of carbonyl (C=O) groups is 2. The molecule has 0 aliphatic carbocycles. The highest BCUT2D eigenvalue weighted by Crippen LogP contribution is 2.30. The molecule has 0 aromatic carbocycles. The predicted molar refractivity (Wildman–Crippen MR) is 76.2 cm³/mol. The molecule has 0 aliphatic rings. The third kappa shape index (κ3) is 10.7. The highest BCUT2D eigenvalue weighted by molar-refractivity contribution is 8.76. The zero-order valence-electron chi connectivity index (χ0n) is 9.23. The number of nitrogens with two attached hydrogens (primary N) is 2. The van der Waals surface area contributed by atoms with E-state index in [2.05, 4.69) is 0 Å². The molecule has 0 atom stereocenters. The molecule has 0 spiro atoms. The highest BCUT2D eigenvalue weighted by atomic mass is 35.5. The van der Waals surface area contributed by atoms with Crippen LogP contribution < -0.4 is 11.5 Å². The fourth-order valence-electron chi connectivity index (χ4n) is 0.461. The predicted octanol–water partition coefficient (Wildman–Crippen LogP) is 1.60. The van der Waals surface area contributed by atoms with E-state index >= 15 is 0 Å². The van der Waals surface area contributed by atoms with Gasteiger partial charge in [-0.05, 0) is 0 Å². The molecule has 0 bridgehead atoms. The Kier molecular flexibility index (Phi) is 13.9. The van der Waals surface area contributed by atoms with Crippen molar-refractivity contribution in [1.82, 2.24) is 0 Å². The van der Waals surface area contributed by atoms with Crippen LogP contribution in [0.3, 0.4) is 0 Å². The highest BCUT2D eigenvalue weighted by Gasteiger charge is 2.24. The van der Waals surface area contributed by atoms with Crippen LogP contribution >= 0.6 is 46.4 Å². The van der Waals surface area contributed by atoms with E-state index < -0.39 is 5.41 Å². The Hall–Kier alpha value is 0.220. The Morgan fingerprint density at radius 3 is 2.00 bits per heavy atom. The maximum Gasteiger partial charge on any atom is 0.223 e. The molecule has 4 N–H and O–H groups in total. The van der Waals surface area contributed by atoms with Crippen molar-refractivity contribution in [3.8, 4) is 0 Å². The van der Waals surface area contributed by atoms with Crippen LogP contribution in [0.4, 0.5) is 0 Å². The van der Waals surface area contributed by atoms with Crippen molar-refractivity contribution in [3.05, 3.63) is 0 Å². The van der Waals surface area contributed by atoms with Gasteiger partial charge in [-0.3, -0.25) is 9.59 Å². The van der Waals surface area contributed by atoms with Crippen LogP contribution in [0.25, 0.3) is 0 Å². The van der Waals surface area contributed by atoms with Crippen LogP contribution in [0.15, 0.2) is 0 Å². The van der Waals surface area contributed by atoms with E-state index in [1.54, 1.807) is 13.8 Å². The summed E-state index contributed by atoms with van der Waals surface area (Å²) in [4.78, 5) is 21.3. The minimum atomic E-state index is -0.496. The Balaban J connectivity index is -0.000000845. The number of carbonyl (C=O) groups excluding carboxylic acids is 2. The summed E-state index contributed by atoms with van der Waals surface area (Å²) in [5, 5.41) is 0. The molecule has 0 heterocycles. The molecule has 4 nitrogen and oxygen atoms in total. The third-order valence-electron chi connectivity index (χ3n) is 1.60. The van der Waals surface area contributed by atoms with Gasteiger partial charge in [0.25, 0.3) is 0 Å². The van der Waals surface area contributed by atoms with Crippen molar-refractivity contribution >= 4 is 58.2 Å². The van der Waals surface area contributed by atoms with Crippen LogP contribution in [0.5, 0.6) is 0 Å². The maximum absolute atomic E-state index is 10.9. The lowest BCUT2D eigenvalue weighted by Gasteiger charge is -2.18. The average Bonchev–Trinajstić information content (AvgIpc) is 2.02. The van der Waals surface area contributed by atoms with Crippen molar-refractivity contribution in [2.24, 2.45) is 16.9 Å². The fraction of sp³-hybridized carbons (Fsp3) is 0.750. The Labute approximate surface area is 116 Å². The first-order valence-electron chi connectivity index (χ1n) is 4.19. The summed E-state index contributed by atoms with van der Waals surface area (Å²) < 4.78 is 0. The number of hydrogen-bond donors (Lipinski definition) is 2. The van der Waals surface area contributed by atoms with Crippen LogP contribution in [-0.4, -0.2) is 23.3 Å². The van der Waals surface area contributed by atoms with E-state index in [9.17, 15) is 9.59 Å². The number of primary amides is 2. The average molecular weight is 309 g/mol. The molecule has 0 saturated heterocycles. The zero-order valence-corrected chi connectivity index (χ0v) is 12.5. The van der Waals surface area contributed by atoms with Gasteiger partial charge in [-0.15, -0.1) is 24.8 Å². The topological polar surface area (TPSA) is 86.2 Å². The number of halogens is 2. The minimum absolute atomic E-state index is 0. The second-order valence-electron chi connectivity index (χ2n) is 3.55. The summed E-state index contributed by atoms with van der Waals surface area (Å²) in [5.74, 6) is 0.716. The van der Waals surface area contributed by atoms with E-state index in [4.69, 9.17) is 11.5 Å². The van der Waals surface area contributed by atoms with Gasteiger partial charge >= 0.3 is 0 Å². The van der Waals surface area contributed by atoms with Gasteiger partial charge in [0.15, 0.2) is 0 Å². The summed E-state index contributed by atoms with van der Waals surface area (Å²) >= 11 is 0. The second-order valence-corrected chi connectivity index (χ2v) is 6.13. The Morgan fingerprint density at radius 2 is 1.62 bits per heavy atom. The first-order valence-corrected chi connectivity index (χ1v) is 6.67. The smallest absolute Gasteiger partial charge is 0.223 e. The maximum atomic E-state index is 10.9. The first kappa shape index (κ1) is 21.5. The monoisotopic (exact) mass is 308 g/mol. The van der Waals surface area contributed by atoms with Crippen LogP contribution in [0.1, 0.15) is 20.3 Å². The van der Waals surface area contributed by atoms with Crippen molar-refractivity contribution in [2.45, 2.75) is 20.3 Å². The normalized spacial score (nSPS) is 9.88. The molecule has 2 amide bonds. The summed E-state index contributed by atoms with van der Waals surface area (Å²) in [7, 11) is 3.07. The first-order chi connectivity index (χ1) is 6.36. The van der Waals surface area contributed by atoms with Crippen LogP contribution in [0.2, 0.25) is 0 Å². The van der Waals surface area contributed by atoms with E-state index in [1.165, 1.54) is 21.6 Å². The molecule has 0 aliphatic heterocycles. The van der Waals surface area contributed by atoms with Gasteiger partial charge in [0.2, 0.25) is 11.8 Å². The molecule has 0 aromatic heterocycles. The van der Waals surface area contributed by atoms with Crippen molar-refractivity contribution in [2.75, 3.05) is 11.5 Å². The summed E-state index contributed by atoms with van der Waals surface area (Å²) in [5.41, 5.74) is 9.67. The largest absolute Gasteiger partial charge is 0.370 e. The molecular formula is C8H18Cl2N2O2S2. The lowest BCUT2D eigenvalue weighted by molar-refractivity contribution is -0.124. The molecule has 0 aromatic rings. The van der Waals surface area contributed by atoms with E-state index in [0.717, 1.165) is 0 Å². The number of rotatable bonds is 7. The SMILES string of the molecule is CC(C)(CSSCCC(N)=O)C(N)=O.Cl.Cl. The molecular weight excluding hydrogens is 291 g/mol. The lowest BCUT2D eigenvalue weighted by Crippen LogP contribution is -2.33. The quantitative estimate of drug-likeness (QED) is 0.552. The van der Waals surface area contributed by atoms with Gasteiger partial charge in [0.05, 0.1) is 5.41 Å². The molecule has 16 heavy (non-hydrogen) atoms. The van der Waals surface area contributed by atoms with Gasteiger partial charge in [-0.1, -0.05) is 35.4 Å². The standard InChI is InChI=1S/C8H16N2O2S2.2ClH/c1-8(2,7(10)12)5-14-13-4-3-6(9)11;;/h3-5H2,1-2H3,(H2,9,11)(H2,10,12);2*1H. The van der Waals surface area contributed by atoms with Crippen LogP contribution in [-0.2, 0) is 9.59 Å². The van der Waals surface area contributed by atoms with E-state index in [1.807, 2.05) is 0 Å². The summed E-state index contributed by atoms with van der Waals surface area (Å²) in [6.45, 7) is 3.61. The number of hydrogen-bond acceptors (Lipinski definition) is 4. The lowest BCUT2D eigenvalue weighted by atomic mass is 9.96. The molecule has 0 saturated carbocycles. The van der Waals surface area contributed by atoms with Crippen LogP contribution in [0, 0.1) is 5.41 Å². The van der Waals surface area contributed by atoms with Gasteiger partial charge in [0.1, 0.15) is 0 Å². The second kappa shape index (κ2) is 10.4. The van der Waals surface area contributed by atoms with Gasteiger partial charge < -0.3 is 11.5 Å². The van der Waals surface area contributed by atoms with E-state index in [0.29, 0.717) is 17.9 Å². The minimum Gasteiger partial charge on any atom is -0.370 e. The Bertz CT molecular complexity index is 228. The molecule has 0 rings (SSSR count). The molecule has 0 radical (unpaired) electrons. The Morgan fingerprint density at radius 1 is 1.12 bits per heavy atom. The third-order valence-corrected chi connectivity index (χ3v) is 4.33. The molecule has 98 valence electrons. The fourth-order valence-corrected chi connectivity index (χ4v) is 3.12. The van der Waals surface area contributed by atoms with Crippen molar-refractivity contribution < 1.29 is 9.59 Å². The van der Waals surface area contributed by atoms with Gasteiger partial charge in [0, 0.05) is 17.9 Å². The van der Waals surface area contributed by atoms with E-state index in [-0.39, 0.29) is 36.6 Å². The van der Waals surface area contributed by atoms with Crippen molar-refractivity contribution in [3.63, 3.8) is 0 Å².